The van der Waals surface area contributed by atoms with Crippen molar-refractivity contribution in [2.45, 2.75) is 26.1 Å². The van der Waals surface area contributed by atoms with Gasteiger partial charge in [-0.2, -0.15) is 13.2 Å². The molecule has 0 fully saturated rings. The van der Waals surface area contributed by atoms with Crippen molar-refractivity contribution in [3.63, 3.8) is 0 Å². The number of rotatable bonds is 7. The Balaban J connectivity index is 2.09. The summed E-state index contributed by atoms with van der Waals surface area (Å²) in [5.74, 6) is -0.498. The number of nitrogens with one attached hydrogen (secondary N) is 1. The number of hydrogen-bond acceptors (Lipinski definition) is 2. The maximum Gasteiger partial charge on any atom is 0.418 e. The second-order valence-electron chi connectivity index (χ2n) is 5.93. The molecule has 1 N–H and O–H groups in total. The van der Waals surface area contributed by atoms with Gasteiger partial charge in [0.05, 0.1) is 17.8 Å². The van der Waals surface area contributed by atoms with Gasteiger partial charge in [-0.15, -0.1) is 0 Å². The molecule has 0 saturated heterocycles. The van der Waals surface area contributed by atoms with E-state index in [4.69, 9.17) is 11.6 Å². The number of anilines is 1. The van der Waals surface area contributed by atoms with E-state index in [9.17, 15) is 18.0 Å². The highest BCUT2D eigenvalue weighted by Gasteiger charge is 2.34. The van der Waals surface area contributed by atoms with Crippen LogP contribution in [0.4, 0.5) is 18.9 Å². The van der Waals surface area contributed by atoms with Crippen molar-refractivity contribution in [1.29, 1.82) is 0 Å². The van der Waals surface area contributed by atoms with Crippen molar-refractivity contribution in [2.75, 3.05) is 18.4 Å². The molecule has 0 bridgehead atoms. The number of halogens is 4. The van der Waals surface area contributed by atoms with Gasteiger partial charge in [0.2, 0.25) is 5.91 Å². The van der Waals surface area contributed by atoms with E-state index in [0.29, 0.717) is 13.1 Å². The Kier molecular flexibility index (Phi) is 7.06. The highest BCUT2D eigenvalue weighted by atomic mass is 35.5. The molecule has 0 saturated carbocycles. The van der Waals surface area contributed by atoms with Gasteiger partial charge in [-0.05, 0) is 36.7 Å². The molecule has 0 aromatic heterocycles. The lowest BCUT2D eigenvalue weighted by Crippen LogP contribution is -2.33. The van der Waals surface area contributed by atoms with Crippen LogP contribution >= 0.6 is 11.6 Å². The Morgan fingerprint density at radius 3 is 2.46 bits per heavy atom. The molecule has 0 radical (unpaired) electrons. The molecule has 0 atom stereocenters. The second kappa shape index (κ2) is 9.05. The van der Waals surface area contributed by atoms with Gasteiger partial charge in [0, 0.05) is 11.6 Å². The van der Waals surface area contributed by atoms with E-state index in [2.05, 4.69) is 5.32 Å². The molecule has 0 unspecified atom stereocenters. The zero-order valence-electron chi connectivity index (χ0n) is 14.3. The maximum absolute atomic E-state index is 13.1. The molecular formula is C19H20ClF3N2O. The molecule has 0 aliphatic heterocycles. The Labute approximate surface area is 155 Å². The first-order valence-corrected chi connectivity index (χ1v) is 8.60. The molecule has 26 heavy (non-hydrogen) atoms. The smallest absolute Gasteiger partial charge is 0.324 e. The number of nitrogens with zero attached hydrogens (tertiary/aromatic N) is 1. The summed E-state index contributed by atoms with van der Waals surface area (Å²) in [5.41, 5.74) is -0.206. The number of benzene rings is 2. The van der Waals surface area contributed by atoms with Gasteiger partial charge in [-0.3, -0.25) is 9.69 Å². The first kappa shape index (κ1) is 20.3. The van der Waals surface area contributed by atoms with Crippen LogP contribution in [0.25, 0.3) is 0 Å². The second-order valence-corrected chi connectivity index (χ2v) is 6.37. The molecule has 0 heterocycles. The first-order valence-electron chi connectivity index (χ1n) is 8.22. The third kappa shape index (κ3) is 6.04. The molecule has 1 amide bonds. The van der Waals surface area contributed by atoms with Crippen LogP contribution in [-0.2, 0) is 17.5 Å². The average Bonchev–Trinajstić information content (AvgIpc) is 2.56. The summed E-state index contributed by atoms with van der Waals surface area (Å²) >= 11 is 5.65. The van der Waals surface area contributed by atoms with Gasteiger partial charge >= 0.3 is 6.18 Å². The highest BCUT2D eigenvalue weighted by Crippen LogP contribution is 2.36. The zero-order chi connectivity index (χ0) is 19.2. The third-order valence-electron chi connectivity index (χ3n) is 3.72. The van der Waals surface area contributed by atoms with E-state index in [1.165, 1.54) is 12.1 Å². The molecular weight excluding hydrogens is 365 g/mol. The summed E-state index contributed by atoms with van der Waals surface area (Å²) in [5, 5.41) is 2.32. The lowest BCUT2D eigenvalue weighted by Gasteiger charge is -2.22. The lowest BCUT2D eigenvalue weighted by molar-refractivity contribution is -0.137. The number of hydrogen-bond donors (Lipinski definition) is 1. The summed E-state index contributed by atoms with van der Waals surface area (Å²) < 4.78 is 39.4. The van der Waals surface area contributed by atoms with Crippen LogP contribution in [0.2, 0.25) is 5.02 Å². The monoisotopic (exact) mass is 384 g/mol. The summed E-state index contributed by atoms with van der Waals surface area (Å²) in [7, 11) is 0. The molecule has 140 valence electrons. The lowest BCUT2D eigenvalue weighted by atomic mass is 10.1. The van der Waals surface area contributed by atoms with E-state index in [1.807, 2.05) is 42.2 Å². The molecule has 2 aromatic carbocycles. The molecule has 0 spiro atoms. The van der Waals surface area contributed by atoms with Crippen molar-refractivity contribution in [2.24, 2.45) is 0 Å². The Hall–Kier alpha value is -2.05. The van der Waals surface area contributed by atoms with Gasteiger partial charge in [-0.25, -0.2) is 0 Å². The maximum atomic E-state index is 13.1. The molecule has 0 aliphatic rings. The number of alkyl halides is 3. The van der Waals surface area contributed by atoms with E-state index in [0.717, 1.165) is 18.1 Å². The van der Waals surface area contributed by atoms with Crippen LogP contribution in [0.5, 0.6) is 0 Å². The molecule has 2 aromatic rings. The van der Waals surface area contributed by atoms with Crippen LogP contribution in [-0.4, -0.2) is 23.9 Å². The Morgan fingerprint density at radius 2 is 1.85 bits per heavy atom. The predicted octanol–water partition coefficient (Wildman–Crippen LogP) is 5.21. The highest BCUT2D eigenvalue weighted by molar-refractivity contribution is 6.30. The van der Waals surface area contributed by atoms with Crippen LogP contribution in [0.1, 0.15) is 24.5 Å². The normalized spacial score (nSPS) is 11.6. The summed E-state index contributed by atoms with van der Waals surface area (Å²) in [6.07, 6.45) is -3.77. The van der Waals surface area contributed by atoms with E-state index in [1.54, 1.807) is 0 Å². The minimum Gasteiger partial charge on any atom is -0.324 e. The molecule has 2 rings (SSSR count). The van der Waals surface area contributed by atoms with Crippen LogP contribution < -0.4 is 5.32 Å². The zero-order valence-corrected chi connectivity index (χ0v) is 15.1. The van der Waals surface area contributed by atoms with E-state index in [-0.39, 0.29) is 17.3 Å². The quantitative estimate of drug-likeness (QED) is 0.710. The van der Waals surface area contributed by atoms with Gasteiger partial charge in [0.25, 0.3) is 0 Å². The van der Waals surface area contributed by atoms with Gasteiger partial charge in [0.1, 0.15) is 0 Å². The molecule has 7 heteroatoms. The summed E-state index contributed by atoms with van der Waals surface area (Å²) in [4.78, 5) is 14.2. The van der Waals surface area contributed by atoms with Crippen molar-refractivity contribution in [3.05, 3.63) is 64.7 Å². The van der Waals surface area contributed by atoms with Crippen LogP contribution in [0.15, 0.2) is 48.5 Å². The average molecular weight is 385 g/mol. The van der Waals surface area contributed by atoms with E-state index >= 15 is 0 Å². The van der Waals surface area contributed by atoms with Crippen LogP contribution in [0.3, 0.4) is 0 Å². The Morgan fingerprint density at radius 1 is 1.15 bits per heavy atom. The van der Waals surface area contributed by atoms with Gasteiger partial charge in [0.15, 0.2) is 0 Å². The van der Waals surface area contributed by atoms with Crippen molar-refractivity contribution < 1.29 is 18.0 Å². The number of carbonyl (C=O) groups excluding carboxylic acids is 1. The third-order valence-corrected chi connectivity index (χ3v) is 3.95. The fourth-order valence-electron chi connectivity index (χ4n) is 2.62. The largest absolute Gasteiger partial charge is 0.418 e. The Bertz CT molecular complexity index is 735. The van der Waals surface area contributed by atoms with Crippen molar-refractivity contribution >= 4 is 23.2 Å². The SMILES string of the molecule is CCCN(CC(=O)Nc1ccc(Cl)cc1C(F)(F)F)Cc1ccccc1. The number of amides is 1. The van der Waals surface area contributed by atoms with Crippen LogP contribution in [0, 0.1) is 0 Å². The van der Waals surface area contributed by atoms with Gasteiger partial charge < -0.3 is 5.32 Å². The van der Waals surface area contributed by atoms with Crippen molar-refractivity contribution in [1.82, 2.24) is 4.90 Å². The summed E-state index contributed by atoms with van der Waals surface area (Å²) in [6.45, 7) is 3.20. The molecule has 3 nitrogen and oxygen atoms in total. The minimum atomic E-state index is -4.60. The fourth-order valence-corrected chi connectivity index (χ4v) is 2.80. The number of carbonyl (C=O) groups is 1. The predicted molar refractivity (Wildman–Crippen MR) is 97.1 cm³/mol. The fraction of sp³-hybridized carbons (Fsp3) is 0.316. The topological polar surface area (TPSA) is 32.3 Å². The minimum absolute atomic E-state index is 0.00264. The molecule has 0 aliphatic carbocycles. The van der Waals surface area contributed by atoms with E-state index < -0.39 is 17.6 Å². The standard InChI is InChI=1S/C19H20ClF3N2O/c1-2-10-25(12-14-6-4-3-5-7-14)13-18(26)24-17-9-8-15(20)11-16(17)19(21,22)23/h3-9,11H,2,10,12-13H2,1H3,(H,24,26). The first-order chi connectivity index (χ1) is 12.3. The van der Waals surface area contributed by atoms with Gasteiger partial charge in [-0.1, -0.05) is 48.9 Å². The van der Waals surface area contributed by atoms with Crippen molar-refractivity contribution in [3.8, 4) is 0 Å². The summed E-state index contributed by atoms with van der Waals surface area (Å²) in [6, 6.07) is 12.9.